The van der Waals surface area contributed by atoms with Crippen molar-refractivity contribution in [3.8, 4) is 0 Å². The molecular formula is C21H31N3O2. The zero-order valence-corrected chi connectivity index (χ0v) is 15.9. The monoisotopic (exact) mass is 357 g/mol. The van der Waals surface area contributed by atoms with Gasteiger partial charge in [-0.1, -0.05) is 25.5 Å². The van der Waals surface area contributed by atoms with Gasteiger partial charge >= 0.3 is 0 Å². The minimum atomic E-state index is -0.113. The maximum Gasteiger partial charge on any atom is 0.243 e. The molecule has 142 valence electrons. The molecule has 2 aliphatic heterocycles. The molecule has 0 aliphatic carbocycles. The van der Waals surface area contributed by atoms with E-state index < -0.39 is 0 Å². The van der Waals surface area contributed by atoms with Crippen molar-refractivity contribution in [2.45, 2.75) is 52.0 Å². The van der Waals surface area contributed by atoms with E-state index in [-0.39, 0.29) is 18.4 Å². The molecule has 0 aromatic heterocycles. The largest absolute Gasteiger partial charge is 0.333 e. The van der Waals surface area contributed by atoms with Crippen molar-refractivity contribution < 1.29 is 9.59 Å². The fourth-order valence-corrected chi connectivity index (χ4v) is 3.96. The maximum atomic E-state index is 12.3. The molecule has 2 aliphatic rings. The van der Waals surface area contributed by atoms with Crippen LogP contribution in [0.15, 0.2) is 24.3 Å². The van der Waals surface area contributed by atoms with Gasteiger partial charge in [0, 0.05) is 31.7 Å². The fourth-order valence-electron chi connectivity index (χ4n) is 3.96. The normalized spacial score (nSPS) is 22.1. The van der Waals surface area contributed by atoms with Crippen molar-refractivity contribution in [3.05, 3.63) is 29.8 Å². The third-order valence-corrected chi connectivity index (χ3v) is 5.39. The Labute approximate surface area is 156 Å². The predicted molar refractivity (Wildman–Crippen MR) is 104 cm³/mol. The number of piperidine rings is 1. The van der Waals surface area contributed by atoms with E-state index in [9.17, 15) is 9.59 Å². The van der Waals surface area contributed by atoms with Gasteiger partial charge in [-0.3, -0.25) is 14.5 Å². The average Bonchev–Trinajstić information content (AvgIpc) is 2.81. The fraction of sp³-hybridized carbons (Fsp3) is 0.619. The van der Waals surface area contributed by atoms with Crippen LogP contribution >= 0.6 is 0 Å². The molecule has 2 amide bonds. The summed E-state index contributed by atoms with van der Waals surface area (Å²) in [5.74, 6) is 0.769. The van der Waals surface area contributed by atoms with Crippen molar-refractivity contribution in [2.75, 3.05) is 31.5 Å². The molecule has 0 bridgehead atoms. The molecule has 0 saturated carbocycles. The molecule has 1 aromatic carbocycles. The van der Waals surface area contributed by atoms with Crippen LogP contribution in [0.4, 0.5) is 5.69 Å². The lowest BCUT2D eigenvalue weighted by molar-refractivity contribution is -0.134. The summed E-state index contributed by atoms with van der Waals surface area (Å²) >= 11 is 0. The topological polar surface area (TPSA) is 52.7 Å². The standard InChI is InChI=1S/C21H31N3O2/c1-17-6-5-12-23(14-17)15-18-8-10-19(11-9-18)22-20(25)16-24-13-4-2-3-7-21(24)26/h8-11,17H,2-7,12-16H2,1H3,(H,22,25). The van der Waals surface area contributed by atoms with Gasteiger partial charge in [0.25, 0.3) is 0 Å². The van der Waals surface area contributed by atoms with Crippen LogP contribution in [-0.4, -0.2) is 47.8 Å². The molecule has 1 N–H and O–H groups in total. The Morgan fingerprint density at radius 1 is 1.12 bits per heavy atom. The third kappa shape index (κ3) is 5.56. The molecule has 2 heterocycles. The van der Waals surface area contributed by atoms with Crippen LogP contribution in [0.1, 0.15) is 51.0 Å². The summed E-state index contributed by atoms with van der Waals surface area (Å²) in [6.45, 7) is 6.49. The second-order valence-corrected chi connectivity index (χ2v) is 7.85. The lowest BCUT2D eigenvalue weighted by Crippen LogP contribution is -2.37. The van der Waals surface area contributed by atoms with Gasteiger partial charge in [-0.25, -0.2) is 0 Å². The number of anilines is 1. The SMILES string of the molecule is CC1CCCN(Cc2ccc(NC(=O)CN3CCCCCC3=O)cc2)C1. The average molecular weight is 357 g/mol. The summed E-state index contributed by atoms with van der Waals surface area (Å²) in [6, 6.07) is 8.10. The van der Waals surface area contributed by atoms with E-state index in [1.807, 2.05) is 12.1 Å². The molecule has 0 spiro atoms. The Morgan fingerprint density at radius 3 is 2.69 bits per heavy atom. The van der Waals surface area contributed by atoms with Crippen LogP contribution in [0.25, 0.3) is 0 Å². The molecule has 0 radical (unpaired) electrons. The number of carbonyl (C=O) groups excluding carboxylic acids is 2. The Balaban J connectivity index is 1.48. The van der Waals surface area contributed by atoms with Crippen molar-refractivity contribution >= 4 is 17.5 Å². The molecule has 2 saturated heterocycles. The summed E-state index contributed by atoms with van der Waals surface area (Å²) in [6.07, 6.45) is 6.18. The first-order chi connectivity index (χ1) is 12.6. The van der Waals surface area contributed by atoms with E-state index in [2.05, 4.69) is 29.3 Å². The number of amides is 2. The van der Waals surface area contributed by atoms with Gasteiger partial charge in [-0.2, -0.15) is 0 Å². The van der Waals surface area contributed by atoms with E-state index >= 15 is 0 Å². The highest BCUT2D eigenvalue weighted by Gasteiger charge is 2.19. The van der Waals surface area contributed by atoms with Gasteiger partial charge in [0.05, 0.1) is 6.54 Å². The molecule has 5 nitrogen and oxygen atoms in total. The Bertz CT molecular complexity index is 614. The highest BCUT2D eigenvalue weighted by atomic mass is 16.2. The highest BCUT2D eigenvalue weighted by Crippen LogP contribution is 2.19. The summed E-state index contributed by atoms with van der Waals surface area (Å²) in [7, 11) is 0. The Morgan fingerprint density at radius 2 is 1.92 bits per heavy atom. The quantitative estimate of drug-likeness (QED) is 0.880. The molecule has 1 unspecified atom stereocenters. The number of carbonyl (C=O) groups is 2. The number of likely N-dealkylation sites (tertiary alicyclic amines) is 2. The lowest BCUT2D eigenvalue weighted by Gasteiger charge is -2.30. The minimum absolute atomic E-state index is 0.101. The minimum Gasteiger partial charge on any atom is -0.333 e. The summed E-state index contributed by atoms with van der Waals surface area (Å²) in [5, 5.41) is 2.92. The third-order valence-electron chi connectivity index (χ3n) is 5.39. The van der Waals surface area contributed by atoms with Crippen LogP contribution in [0.5, 0.6) is 0 Å². The van der Waals surface area contributed by atoms with Gasteiger partial charge in [-0.15, -0.1) is 0 Å². The predicted octanol–water partition coefficient (Wildman–Crippen LogP) is 3.26. The number of hydrogen-bond donors (Lipinski definition) is 1. The number of nitrogens with one attached hydrogen (secondary N) is 1. The number of hydrogen-bond acceptors (Lipinski definition) is 3. The van der Waals surface area contributed by atoms with Crippen molar-refractivity contribution in [3.63, 3.8) is 0 Å². The van der Waals surface area contributed by atoms with Crippen LogP contribution in [0, 0.1) is 5.92 Å². The van der Waals surface area contributed by atoms with Gasteiger partial charge in [0.15, 0.2) is 0 Å². The molecule has 1 aromatic rings. The van der Waals surface area contributed by atoms with Gasteiger partial charge in [0.1, 0.15) is 0 Å². The van der Waals surface area contributed by atoms with Gasteiger partial charge < -0.3 is 10.2 Å². The van der Waals surface area contributed by atoms with Crippen LogP contribution in [-0.2, 0) is 16.1 Å². The molecular weight excluding hydrogens is 326 g/mol. The first-order valence-electron chi connectivity index (χ1n) is 9.99. The second-order valence-electron chi connectivity index (χ2n) is 7.85. The van der Waals surface area contributed by atoms with Gasteiger partial charge in [0.2, 0.25) is 11.8 Å². The highest BCUT2D eigenvalue weighted by molar-refractivity contribution is 5.94. The zero-order valence-electron chi connectivity index (χ0n) is 15.9. The first kappa shape index (κ1) is 18.9. The molecule has 2 fully saturated rings. The summed E-state index contributed by atoms with van der Waals surface area (Å²) in [5.41, 5.74) is 2.08. The second kappa shape index (κ2) is 9.17. The summed E-state index contributed by atoms with van der Waals surface area (Å²) < 4.78 is 0. The van der Waals surface area contributed by atoms with E-state index in [4.69, 9.17) is 0 Å². The number of rotatable bonds is 5. The number of benzene rings is 1. The molecule has 1 atom stereocenters. The van der Waals surface area contributed by atoms with Crippen molar-refractivity contribution in [1.29, 1.82) is 0 Å². The summed E-state index contributed by atoms with van der Waals surface area (Å²) in [4.78, 5) is 28.5. The lowest BCUT2D eigenvalue weighted by atomic mass is 10.00. The van der Waals surface area contributed by atoms with E-state index in [1.54, 1.807) is 4.90 Å². The number of nitrogens with zero attached hydrogens (tertiary/aromatic N) is 2. The van der Waals surface area contributed by atoms with E-state index in [0.29, 0.717) is 13.0 Å². The van der Waals surface area contributed by atoms with Crippen LogP contribution in [0.2, 0.25) is 0 Å². The Hall–Kier alpha value is -1.88. The molecule has 26 heavy (non-hydrogen) atoms. The Kier molecular flexibility index (Phi) is 6.67. The molecule has 5 heteroatoms. The van der Waals surface area contributed by atoms with Crippen molar-refractivity contribution in [2.24, 2.45) is 5.92 Å². The van der Waals surface area contributed by atoms with Gasteiger partial charge in [-0.05, 0) is 55.8 Å². The van der Waals surface area contributed by atoms with Crippen LogP contribution in [0.3, 0.4) is 0 Å². The van der Waals surface area contributed by atoms with E-state index in [1.165, 1.54) is 31.5 Å². The van der Waals surface area contributed by atoms with E-state index in [0.717, 1.165) is 37.4 Å². The first-order valence-corrected chi connectivity index (χ1v) is 9.99. The van der Waals surface area contributed by atoms with Crippen molar-refractivity contribution in [1.82, 2.24) is 9.80 Å². The zero-order chi connectivity index (χ0) is 18.4. The van der Waals surface area contributed by atoms with Crippen LogP contribution < -0.4 is 5.32 Å². The smallest absolute Gasteiger partial charge is 0.243 e. The maximum absolute atomic E-state index is 12.3. The molecule has 3 rings (SSSR count).